The van der Waals surface area contributed by atoms with Crippen LogP contribution < -0.4 is 11.1 Å². The molecular weight excluding hydrogens is 412 g/mol. The van der Waals surface area contributed by atoms with E-state index in [-0.39, 0.29) is 11.3 Å². The van der Waals surface area contributed by atoms with Crippen molar-refractivity contribution in [1.82, 2.24) is 0 Å². The van der Waals surface area contributed by atoms with Gasteiger partial charge in [0.2, 0.25) is 0 Å². The van der Waals surface area contributed by atoms with Crippen LogP contribution in [-0.2, 0) is 11.3 Å². The number of halogens is 2. The van der Waals surface area contributed by atoms with Gasteiger partial charge in [0.25, 0.3) is 5.91 Å². The summed E-state index contributed by atoms with van der Waals surface area (Å²) < 4.78 is 29.5. The fourth-order valence-electron chi connectivity index (χ4n) is 3.27. The Labute approximate surface area is 184 Å². The van der Waals surface area contributed by atoms with E-state index in [1.54, 1.807) is 37.3 Å². The highest BCUT2D eigenvalue weighted by Gasteiger charge is 2.17. The Morgan fingerprint density at radius 3 is 2.44 bits per heavy atom. The van der Waals surface area contributed by atoms with Crippen molar-refractivity contribution >= 4 is 22.9 Å². The van der Waals surface area contributed by atoms with Crippen LogP contribution in [0, 0.1) is 5.82 Å². The van der Waals surface area contributed by atoms with E-state index >= 15 is 0 Å². The third kappa shape index (κ3) is 4.90. The summed E-state index contributed by atoms with van der Waals surface area (Å²) in [7, 11) is 0. The van der Waals surface area contributed by atoms with E-state index in [2.05, 4.69) is 10.5 Å². The molecule has 0 heterocycles. The van der Waals surface area contributed by atoms with Crippen molar-refractivity contribution in [3.8, 4) is 11.1 Å². The summed E-state index contributed by atoms with van der Waals surface area (Å²) in [5, 5.41) is 14.3. The molecule has 0 saturated heterocycles. The van der Waals surface area contributed by atoms with Gasteiger partial charge in [-0.2, -0.15) is 0 Å². The first-order chi connectivity index (χ1) is 15.3. The molecule has 3 rings (SSSR count). The Kier molecular flexibility index (Phi) is 7.12. The number of carbonyl (C=O) groups is 1. The summed E-state index contributed by atoms with van der Waals surface area (Å²) in [6.07, 6.45) is 0. The maximum Gasteiger partial charge on any atom is 0.284 e. The highest BCUT2D eigenvalue weighted by molar-refractivity contribution is 6.07. The molecule has 1 amide bonds. The summed E-state index contributed by atoms with van der Waals surface area (Å²) in [6, 6.07) is 18.3. The molecule has 0 fully saturated rings. The number of nitrogens with one attached hydrogen (secondary N) is 1. The van der Waals surface area contributed by atoms with Crippen molar-refractivity contribution in [3.05, 3.63) is 95.1 Å². The number of allylic oxidation sites excluding steroid dienone is 1. The predicted octanol–water partition coefficient (Wildman–Crippen LogP) is 5.49. The van der Waals surface area contributed by atoms with Crippen molar-refractivity contribution in [2.75, 3.05) is 5.32 Å². The molecular formula is C25H23F2N3O2. The lowest BCUT2D eigenvalue weighted by Gasteiger charge is -2.11. The molecule has 5 nitrogen and oxygen atoms in total. The molecule has 0 spiro atoms. The van der Waals surface area contributed by atoms with Gasteiger partial charge in [-0.25, -0.2) is 8.78 Å². The van der Waals surface area contributed by atoms with E-state index in [9.17, 15) is 13.6 Å². The molecule has 0 saturated carbocycles. The fourth-order valence-corrected chi connectivity index (χ4v) is 3.27. The van der Waals surface area contributed by atoms with E-state index in [0.29, 0.717) is 28.9 Å². The maximum atomic E-state index is 14.8. The molecule has 0 aliphatic rings. The number of hydrogen-bond donors (Lipinski definition) is 3. The smallest absolute Gasteiger partial charge is 0.284 e. The molecule has 4 N–H and O–H groups in total. The molecule has 3 aromatic rings. The number of hydrogen-bond acceptors (Lipinski definition) is 4. The largest absolute Gasteiger partial charge is 0.411 e. The topological polar surface area (TPSA) is 87.7 Å². The third-order valence-corrected chi connectivity index (χ3v) is 5.16. The van der Waals surface area contributed by atoms with Gasteiger partial charge >= 0.3 is 0 Å². The second-order valence-corrected chi connectivity index (χ2v) is 7.22. The third-order valence-electron chi connectivity index (χ3n) is 5.16. The van der Waals surface area contributed by atoms with Gasteiger partial charge in [0.05, 0.1) is 11.4 Å². The quantitative estimate of drug-likeness (QED) is 0.207. The molecule has 0 unspecified atom stereocenters. The first-order valence-electron chi connectivity index (χ1n) is 9.90. The highest BCUT2D eigenvalue weighted by Crippen LogP contribution is 2.28. The van der Waals surface area contributed by atoms with Crippen molar-refractivity contribution in [1.29, 1.82) is 0 Å². The maximum absolute atomic E-state index is 14.8. The van der Waals surface area contributed by atoms with Gasteiger partial charge in [-0.1, -0.05) is 53.7 Å². The average molecular weight is 435 g/mol. The first kappa shape index (κ1) is 22.8. The molecule has 32 heavy (non-hydrogen) atoms. The Morgan fingerprint density at radius 2 is 1.75 bits per heavy atom. The molecule has 0 radical (unpaired) electrons. The minimum absolute atomic E-state index is 0.0731. The number of nitrogens with two attached hydrogens (primary N) is 1. The summed E-state index contributed by atoms with van der Waals surface area (Å²) in [4.78, 5) is 12.4. The van der Waals surface area contributed by atoms with Crippen molar-refractivity contribution in [3.63, 3.8) is 0 Å². The van der Waals surface area contributed by atoms with Crippen LogP contribution >= 0.6 is 0 Å². The Hall–Kier alpha value is -3.84. The molecule has 0 aliphatic heterocycles. The zero-order chi connectivity index (χ0) is 23.3. The monoisotopic (exact) mass is 435 g/mol. The highest BCUT2D eigenvalue weighted by atomic mass is 19.1. The van der Waals surface area contributed by atoms with E-state index in [0.717, 1.165) is 11.1 Å². The number of carbonyl (C=O) groups excluding carboxylic acids is 1. The van der Waals surface area contributed by atoms with Gasteiger partial charge in [-0.05, 0) is 65.4 Å². The second kappa shape index (κ2) is 9.98. The number of amides is 1. The van der Waals surface area contributed by atoms with Crippen LogP contribution in [-0.4, -0.2) is 16.8 Å². The van der Waals surface area contributed by atoms with E-state index in [4.69, 9.17) is 10.9 Å². The second-order valence-electron chi connectivity index (χ2n) is 7.22. The van der Waals surface area contributed by atoms with Crippen LogP contribution in [0.1, 0.15) is 30.5 Å². The zero-order valence-corrected chi connectivity index (χ0v) is 17.7. The number of rotatable bonds is 6. The van der Waals surface area contributed by atoms with Crippen molar-refractivity contribution in [2.24, 2.45) is 10.9 Å². The number of nitrogens with zero attached hydrogens (tertiary/aromatic N) is 1. The molecule has 3 aromatic carbocycles. The van der Waals surface area contributed by atoms with Crippen molar-refractivity contribution in [2.45, 2.75) is 20.4 Å². The van der Waals surface area contributed by atoms with Gasteiger partial charge < -0.3 is 16.3 Å². The van der Waals surface area contributed by atoms with Gasteiger partial charge in [0.15, 0.2) is 5.83 Å². The summed E-state index contributed by atoms with van der Waals surface area (Å²) in [5.74, 6) is -2.79. The van der Waals surface area contributed by atoms with E-state index in [1.165, 1.54) is 19.1 Å². The Morgan fingerprint density at radius 1 is 1.03 bits per heavy atom. The Balaban J connectivity index is 1.85. The SMILES string of the molecule is C/C(=N/O)c1cccc(/C(C)=C(/F)C(=O)Nc2ccc(-c3ccccc3CN)cc2F)c1. The zero-order valence-electron chi connectivity index (χ0n) is 17.7. The van der Waals surface area contributed by atoms with Gasteiger partial charge in [0, 0.05) is 6.54 Å². The van der Waals surface area contributed by atoms with Crippen LogP contribution in [0.5, 0.6) is 0 Å². The molecule has 0 atom stereocenters. The van der Waals surface area contributed by atoms with Gasteiger partial charge in [0.1, 0.15) is 5.82 Å². The predicted molar refractivity (Wildman–Crippen MR) is 122 cm³/mol. The van der Waals surface area contributed by atoms with Crippen LogP contribution in [0.15, 0.2) is 77.7 Å². The molecule has 0 aliphatic carbocycles. The minimum Gasteiger partial charge on any atom is -0.411 e. The normalized spacial score (nSPS) is 12.3. The average Bonchev–Trinajstić information content (AvgIpc) is 2.83. The summed E-state index contributed by atoms with van der Waals surface area (Å²) in [6.45, 7) is 3.35. The molecule has 0 aromatic heterocycles. The number of anilines is 1. The van der Waals surface area contributed by atoms with Crippen LogP contribution in [0.2, 0.25) is 0 Å². The van der Waals surface area contributed by atoms with Crippen LogP contribution in [0.3, 0.4) is 0 Å². The van der Waals surface area contributed by atoms with Gasteiger partial charge in [-0.15, -0.1) is 0 Å². The lowest BCUT2D eigenvalue weighted by molar-refractivity contribution is -0.114. The Bertz CT molecular complexity index is 1220. The number of oxime groups is 1. The van der Waals surface area contributed by atoms with E-state index in [1.807, 2.05) is 24.3 Å². The van der Waals surface area contributed by atoms with Crippen LogP contribution in [0.25, 0.3) is 16.7 Å². The molecule has 164 valence electrons. The lowest BCUT2D eigenvalue weighted by Crippen LogP contribution is -2.14. The standard InChI is InChI=1S/C25H23F2N3O2/c1-15(17-7-5-8-18(12-17)16(2)30-32)24(27)25(31)29-23-11-10-19(13-22(23)26)21-9-4-3-6-20(21)14-28/h3-13,32H,14,28H2,1-2H3,(H,29,31)/b24-15+,30-16-. The molecule has 7 heteroatoms. The van der Waals surface area contributed by atoms with Crippen LogP contribution in [0.4, 0.5) is 14.5 Å². The number of benzene rings is 3. The summed E-state index contributed by atoms with van der Waals surface area (Å²) >= 11 is 0. The van der Waals surface area contributed by atoms with Gasteiger partial charge in [-0.3, -0.25) is 4.79 Å². The summed E-state index contributed by atoms with van der Waals surface area (Å²) in [5.41, 5.74) is 9.30. The molecule has 0 bridgehead atoms. The lowest BCUT2D eigenvalue weighted by atomic mass is 9.99. The van der Waals surface area contributed by atoms with E-state index < -0.39 is 17.6 Å². The van der Waals surface area contributed by atoms with Crippen molar-refractivity contribution < 1.29 is 18.8 Å². The fraction of sp³-hybridized carbons (Fsp3) is 0.120. The first-order valence-corrected chi connectivity index (χ1v) is 9.90. The minimum atomic E-state index is -1.06.